The van der Waals surface area contributed by atoms with Gasteiger partial charge in [-0.25, -0.2) is 5.01 Å². The number of likely N-dealkylation sites (N-methyl/N-ethyl adjacent to an activating group) is 1. The molecule has 1 heterocycles. The van der Waals surface area contributed by atoms with Crippen LogP contribution in [0.25, 0.3) is 0 Å². The fourth-order valence-corrected chi connectivity index (χ4v) is 3.60. The van der Waals surface area contributed by atoms with Crippen LogP contribution in [-0.2, 0) is 11.3 Å². The summed E-state index contributed by atoms with van der Waals surface area (Å²) in [4.78, 5) is 26.8. The van der Waals surface area contributed by atoms with Crippen molar-refractivity contribution < 1.29 is 9.59 Å². The van der Waals surface area contributed by atoms with Crippen LogP contribution < -0.4 is 10.7 Å². The van der Waals surface area contributed by atoms with Crippen molar-refractivity contribution in [3.05, 3.63) is 35.4 Å². The normalized spacial score (nSPS) is 19.9. The minimum Gasteiger partial charge on any atom is -0.352 e. The lowest BCUT2D eigenvalue weighted by Gasteiger charge is -2.32. The Morgan fingerprint density at radius 2 is 1.65 bits per heavy atom. The molecule has 6 heteroatoms. The predicted octanol–water partition coefficient (Wildman–Crippen LogP) is 1.78. The molecule has 0 bridgehead atoms. The quantitative estimate of drug-likeness (QED) is 0.842. The Morgan fingerprint density at radius 1 is 1.00 bits per heavy atom. The van der Waals surface area contributed by atoms with Gasteiger partial charge in [-0.2, -0.15) is 0 Å². The average Bonchev–Trinajstić information content (AvgIpc) is 2.69. The SMILES string of the molecule is CN1CCN(NC(=O)c2ccc(CNC(=O)C3CCCCC3)cc2)CC1. The zero-order valence-corrected chi connectivity index (χ0v) is 15.7. The summed E-state index contributed by atoms with van der Waals surface area (Å²) >= 11 is 0. The molecule has 2 amide bonds. The molecule has 1 aromatic carbocycles. The van der Waals surface area contributed by atoms with Gasteiger partial charge in [-0.15, -0.1) is 0 Å². The lowest BCUT2D eigenvalue weighted by Crippen LogP contribution is -2.52. The summed E-state index contributed by atoms with van der Waals surface area (Å²) in [6, 6.07) is 7.49. The van der Waals surface area contributed by atoms with Gasteiger partial charge in [0.1, 0.15) is 0 Å². The molecule has 0 spiro atoms. The summed E-state index contributed by atoms with van der Waals surface area (Å²) in [6.45, 7) is 4.12. The number of hydrazine groups is 1. The molecule has 1 aromatic rings. The van der Waals surface area contributed by atoms with Gasteiger partial charge in [0.05, 0.1) is 0 Å². The summed E-state index contributed by atoms with van der Waals surface area (Å²) in [5.41, 5.74) is 4.63. The number of piperazine rings is 1. The third kappa shape index (κ3) is 5.29. The summed E-state index contributed by atoms with van der Waals surface area (Å²) in [5.74, 6) is 0.270. The Hall–Kier alpha value is -1.92. The number of hydrogen-bond acceptors (Lipinski definition) is 4. The van der Waals surface area contributed by atoms with Crippen molar-refractivity contribution in [3.8, 4) is 0 Å². The van der Waals surface area contributed by atoms with Crippen LogP contribution in [0.5, 0.6) is 0 Å². The molecular weight excluding hydrogens is 328 g/mol. The fraction of sp³-hybridized carbons (Fsp3) is 0.600. The first kappa shape index (κ1) is 18.9. The predicted molar refractivity (Wildman–Crippen MR) is 101 cm³/mol. The van der Waals surface area contributed by atoms with Gasteiger partial charge in [-0.3, -0.25) is 15.0 Å². The monoisotopic (exact) mass is 358 g/mol. The molecule has 1 aliphatic heterocycles. The van der Waals surface area contributed by atoms with E-state index in [0.717, 1.165) is 57.4 Å². The van der Waals surface area contributed by atoms with Crippen LogP contribution in [0.2, 0.25) is 0 Å². The van der Waals surface area contributed by atoms with Gasteiger partial charge in [0.25, 0.3) is 5.91 Å². The Kier molecular flexibility index (Phi) is 6.63. The zero-order valence-electron chi connectivity index (χ0n) is 15.7. The van der Waals surface area contributed by atoms with Crippen LogP contribution in [0.4, 0.5) is 0 Å². The van der Waals surface area contributed by atoms with E-state index in [2.05, 4.69) is 22.7 Å². The van der Waals surface area contributed by atoms with E-state index in [1.165, 1.54) is 6.42 Å². The standard InChI is InChI=1S/C20H30N4O2/c1-23-11-13-24(14-12-23)22-20(26)18-9-7-16(8-10-18)15-21-19(25)17-5-3-2-4-6-17/h7-10,17H,2-6,11-15H2,1H3,(H,21,25)(H,22,26). The molecule has 0 unspecified atom stereocenters. The van der Waals surface area contributed by atoms with E-state index in [1.807, 2.05) is 29.3 Å². The third-order valence-electron chi connectivity index (χ3n) is 5.42. The van der Waals surface area contributed by atoms with Crippen LogP contribution in [0.3, 0.4) is 0 Å². The molecule has 2 fully saturated rings. The number of carbonyl (C=O) groups is 2. The molecule has 6 nitrogen and oxygen atoms in total. The van der Waals surface area contributed by atoms with E-state index in [0.29, 0.717) is 12.1 Å². The average molecular weight is 358 g/mol. The minimum absolute atomic E-state index is 0.0765. The lowest BCUT2D eigenvalue weighted by molar-refractivity contribution is -0.126. The van der Waals surface area contributed by atoms with Gasteiger partial charge in [-0.1, -0.05) is 31.4 Å². The minimum atomic E-state index is -0.0765. The molecule has 142 valence electrons. The molecule has 0 aromatic heterocycles. The van der Waals surface area contributed by atoms with Crippen molar-refractivity contribution >= 4 is 11.8 Å². The van der Waals surface area contributed by atoms with Crippen LogP contribution in [0.1, 0.15) is 48.0 Å². The third-order valence-corrected chi connectivity index (χ3v) is 5.42. The van der Waals surface area contributed by atoms with Gasteiger partial charge in [-0.05, 0) is 37.6 Å². The molecule has 1 aliphatic carbocycles. The number of rotatable bonds is 5. The maximum absolute atomic E-state index is 12.3. The van der Waals surface area contributed by atoms with Crippen molar-refractivity contribution in [2.45, 2.75) is 38.6 Å². The maximum atomic E-state index is 12.3. The number of nitrogens with zero attached hydrogens (tertiary/aromatic N) is 2. The highest BCUT2D eigenvalue weighted by Crippen LogP contribution is 2.23. The van der Waals surface area contributed by atoms with Crippen LogP contribution in [0.15, 0.2) is 24.3 Å². The van der Waals surface area contributed by atoms with Crippen molar-refractivity contribution in [1.29, 1.82) is 0 Å². The van der Waals surface area contributed by atoms with E-state index >= 15 is 0 Å². The van der Waals surface area contributed by atoms with E-state index in [-0.39, 0.29) is 17.7 Å². The second-order valence-corrected chi connectivity index (χ2v) is 7.48. The Morgan fingerprint density at radius 3 is 2.31 bits per heavy atom. The number of amides is 2. The molecule has 1 saturated carbocycles. The molecule has 0 radical (unpaired) electrons. The maximum Gasteiger partial charge on any atom is 0.265 e. The number of carbonyl (C=O) groups excluding carboxylic acids is 2. The van der Waals surface area contributed by atoms with Gasteiger partial charge < -0.3 is 10.2 Å². The summed E-state index contributed by atoms with van der Waals surface area (Å²) in [6.07, 6.45) is 5.60. The second kappa shape index (κ2) is 9.14. The lowest BCUT2D eigenvalue weighted by atomic mass is 9.88. The largest absolute Gasteiger partial charge is 0.352 e. The number of hydrogen-bond donors (Lipinski definition) is 2. The molecule has 2 aliphatic rings. The molecule has 3 rings (SSSR count). The highest BCUT2D eigenvalue weighted by molar-refractivity contribution is 5.93. The Balaban J connectivity index is 1.45. The van der Waals surface area contributed by atoms with Gasteiger partial charge in [0, 0.05) is 44.2 Å². The van der Waals surface area contributed by atoms with Crippen molar-refractivity contribution in [2.75, 3.05) is 33.2 Å². The van der Waals surface area contributed by atoms with E-state index in [1.54, 1.807) is 0 Å². The molecule has 1 saturated heterocycles. The van der Waals surface area contributed by atoms with Gasteiger partial charge in [0.2, 0.25) is 5.91 Å². The topological polar surface area (TPSA) is 64.7 Å². The molecule has 0 atom stereocenters. The van der Waals surface area contributed by atoms with Gasteiger partial charge in [0.15, 0.2) is 0 Å². The molecule has 26 heavy (non-hydrogen) atoms. The highest BCUT2D eigenvalue weighted by atomic mass is 16.2. The van der Waals surface area contributed by atoms with Gasteiger partial charge >= 0.3 is 0 Å². The molecule has 2 N–H and O–H groups in total. The Bertz CT molecular complexity index is 603. The summed E-state index contributed by atoms with van der Waals surface area (Å²) < 4.78 is 0. The first-order valence-electron chi connectivity index (χ1n) is 9.73. The van der Waals surface area contributed by atoms with E-state index in [9.17, 15) is 9.59 Å². The fourth-order valence-electron chi connectivity index (χ4n) is 3.60. The first-order chi connectivity index (χ1) is 12.6. The number of nitrogens with one attached hydrogen (secondary N) is 2. The smallest absolute Gasteiger partial charge is 0.265 e. The van der Waals surface area contributed by atoms with Crippen molar-refractivity contribution in [1.82, 2.24) is 20.7 Å². The van der Waals surface area contributed by atoms with E-state index in [4.69, 9.17) is 0 Å². The van der Waals surface area contributed by atoms with E-state index < -0.39 is 0 Å². The molecular formula is C20H30N4O2. The Labute approximate surface area is 155 Å². The van der Waals surface area contributed by atoms with Crippen LogP contribution in [0, 0.1) is 5.92 Å². The zero-order chi connectivity index (χ0) is 18.4. The number of benzene rings is 1. The first-order valence-corrected chi connectivity index (χ1v) is 9.73. The van der Waals surface area contributed by atoms with Crippen LogP contribution in [-0.4, -0.2) is 54.9 Å². The van der Waals surface area contributed by atoms with Crippen molar-refractivity contribution in [3.63, 3.8) is 0 Å². The van der Waals surface area contributed by atoms with Crippen molar-refractivity contribution in [2.24, 2.45) is 5.92 Å². The highest BCUT2D eigenvalue weighted by Gasteiger charge is 2.20. The second-order valence-electron chi connectivity index (χ2n) is 7.48. The summed E-state index contributed by atoms with van der Waals surface area (Å²) in [5, 5.41) is 5.01. The van der Waals surface area contributed by atoms with Crippen LogP contribution >= 0.6 is 0 Å². The summed E-state index contributed by atoms with van der Waals surface area (Å²) in [7, 11) is 2.09.